The molecule has 3 rings (SSSR count). The van der Waals surface area contributed by atoms with Crippen LogP contribution in [0.1, 0.15) is 11.1 Å². The van der Waals surface area contributed by atoms with Crippen LogP contribution in [0.15, 0.2) is 71.4 Å². The van der Waals surface area contributed by atoms with E-state index in [0.29, 0.717) is 11.3 Å². The van der Waals surface area contributed by atoms with Crippen molar-refractivity contribution in [2.75, 3.05) is 7.11 Å². The minimum atomic E-state index is -0.581. The van der Waals surface area contributed by atoms with Crippen LogP contribution in [-0.2, 0) is 9.53 Å². The van der Waals surface area contributed by atoms with Crippen molar-refractivity contribution in [3.05, 3.63) is 87.6 Å². The summed E-state index contributed by atoms with van der Waals surface area (Å²) < 4.78 is 10.4. The van der Waals surface area contributed by atoms with Gasteiger partial charge in [0.2, 0.25) is 5.90 Å². The van der Waals surface area contributed by atoms with Crippen LogP contribution in [-0.4, -0.2) is 23.9 Å². The number of hydrogen-bond acceptors (Lipinski definition) is 6. The van der Waals surface area contributed by atoms with E-state index in [1.54, 1.807) is 19.3 Å². The van der Waals surface area contributed by atoms with E-state index in [1.165, 1.54) is 30.3 Å². The molecule has 130 valence electrons. The van der Waals surface area contributed by atoms with Gasteiger partial charge in [0, 0.05) is 23.3 Å². The number of nitrogens with zero attached hydrogens (tertiary/aromatic N) is 2. The van der Waals surface area contributed by atoms with Crippen molar-refractivity contribution in [1.82, 2.24) is 0 Å². The number of carbonyl (C=O) groups is 1. The van der Waals surface area contributed by atoms with Crippen LogP contribution in [0, 0.1) is 10.1 Å². The van der Waals surface area contributed by atoms with Gasteiger partial charge in [-0.2, -0.15) is 0 Å². The molecule has 0 radical (unpaired) electrons. The van der Waals surface area contributed by atoms with E-state index in [2.05, 4.69) is 4.99 Å². The quantitative estimate of drug-likeness (QED) is 0.356. The molecular weight excluding hydrogens is 336 g/mol. The Bertz CT molecular complexity index is 943. The summed E-state index contributed by atoms with van der Waals surface area (Å²) in [7, 11) is 1.58. The minimum Gasteiger partial charge on any atom is -0.496 e. The zero-order chi connectivity index (χ0) is 18.5. The molecule has 7 nitrogen and oxygen atoms in total. The van der Waals surface area contributed by atoms with Crippen LogP contribution in [0.25, 0.3) is 6.08 Å². The summed E-state index contributed by atoms with van der Waals surface area (Å²) in [4.78, 5) is 26.3. The Balaban J connectivity index is 1.80. The normalized spacial score (nSPS) is 15.2. The fraction of sp³-hybridized carbons (Fsp3) is 0.0526. The van der Waals surface area contributed by atoms with Gasteiger partial charge >= 0.3 is 5.97 Å². The molecule has 0 aromatic heterocycles. The minimum absolute atomic E-state index is 0.0471. The smallest absolute Gasteiger partial charge is 0.363 e. The van der Waals surface area contributed by atoms with E-state index in [-0.39, 0.29) is 17.3 Å². The van der Waals surface area contributed by atoms with Crippen molar-refractivity contribution >= 4 is 23.6 Å². The molecule has 1 aliphatic heterocycles. The van der Waals surface area contributed by atoms with Crippen molar-refractivity contribution in [3.8, 4) is 5.75 Å². The van der Waals surface area contributed by atoms with Gasteiger partial charge < -0.3 is 9.47 Å². The number of non-ortho nitro benzene ring substituents is 1. The van der Waals surface area contributed by atoms with E-state index in [9.17, 15) is 14.9 Å². The predicted octanol–water partition coefficient (Wildman–Crippen LogP) is 3.50. The number of aliphatic imine (C=N–C) groups is 1. The van der Waals surface area contributed by atoms with E-state index in [1.807, 2.05) is 24.3 Å². The Labute approximate surface area is 149 Å². The highest BCUT2D eigenvalue weighted by molar-refractivity contribution is 6.11. The van der Waals surface area contributed by atoms with Gasteiger partial charge in [0.1, 0.15) is 5.75 Å². The lowest BCUT2D eigenvalue weighted by Gasteiger charge is -2.02. The average Bonchev–Trinajstić information content (AvgIpc) is 3.03. The highest BCUT2D eigenvalue weighted by Gasteiger charge is 2.23. The van der Waals surface area contributed by atoms with E-state index in [4.69, 9.17) is 9.47 Å². The third-order valence-electron chi connectivity index (χ3n) is 3.61. The molecule has 0 N–H and O–H groups in total. The lowest BCUT2D eigenvalue weighted by Crippen LogP contribution is -2.05. The number of cyclic esters (lactones) is 1. The molecule has 2 aromatic rings. The predicted molar refractivity (Wildman–Crippen MR) is 95.8 cm³/mol. The van der Waals surface area contributed by atoms with Gasteiger partial charge in [0.15, 0.2) is 5.70 Å². The molecule has 0 saturated heterocycles. The average molecular weight is 350 g/mol. The van der Waals surface area contributed by atoms with E-state index < -0.39 is 10.9 Å². The fourth-order valence-electron chi connectivity index (χ4n) is 2.32. The molecule has 2 aromatic carbocycles. The first-order valence-electron chi connectivity index (χ1n) is 7.65. The first kappa shape index (κ1) is 17.1. The third kappa shape index (κ3) is 3.67. The molecule has 0 fully saturated rings. The van der Waals surface area contributed by atoms with Crippen molar-refractivity contribution in [2.45, 2.75) is 0 Å². The summed E-state index contributed by atoms with van der Waals surface area (Å²) in [6.07, 6.45) is 5.00. The number of nitro groups is 1. The molecule has 0 amide bonds. The van der Waals surface area contributed by atoms with Crippen LogP contribution in [0.3, 0.4) is 0 Å². The summed E-state index contributed by atoms with van der Waals surface area (Å²) in [5.74, 6) is 0.246. The molecular formula is C19H14N2O5. The molecule has 0 saturated carbocycles. The Morgan fingerprint density at radius 1 is 1.15 bits per heavy atom. The maximum Gasteiger partial charge on any atom is 0.363 e. The Morgan fingerprint density at radius 3 is 2.58 bits per heavy atom. The number of esters is 1. The summed E-state index contributed by atoms with van der Waals surface area (Å²) in [6, 6.07) is 13.1. The number of para-hydroxylation sites is 1. The lowest BCUT2D eigenvalue weighted by atomic mass is 10.2. The lowest BCUT2D eigenvalue weighted by molar-refractivity contribution is -0.384. The Hall–Kier alpha value is -3.74. The SMILES string of the molecule is COc1ccccc1/C=C/C=C1/N=C(c2ccc([N+](=O)[O-])cc2)OC1=O. The van der Waals surface area contributed by atoms with Crippen LogP contribution in [0.4, 0.5) is 5.69 Å². The molecule has 1 heterocycles. The van der Waals surface area contributed by atoms with Crippen LogP contribution >= 0.6 is 0 Å². The summed E-state index contributed by atoms with van der Waals surface area (Å²) in [5.41, 5.74) is 1.44. The monoisotopic (exact) mass is 350 g/mol. The molecule has 0 atom stereocenters. The van der Waals surface area contributed by atoms with Gasteiger partial charge in [-0.25, -0.2) is 9.79 Å². The van der Waals surface area contributed by atoms with Crippen LogP contribution in [0.5, 0.6) is 5.75 Å². The number of carbonyl (C=O) groups excluding carboxylic acids is 1. The van der Waals surface area contributed by atoms with Gasteiger partial charge in [0.05, 0.1) is 12.0 Å². The van der Waals surface area contributed by atoms with Crippen molar-refractivity contribution < 1.29 is 19.2 Å². The van der Waals surface area contributed by atoms with Crippen LogP contribution in [0.2, 0.25) is 0 Å². The van der Waals surface area contributed by atoms with Crippen LogP contribution < -0.4 is 4.74 Å². The van der Waals surface area contributed by atoms with E-state index >= 15 is 0 Å². The molecule has 0 unspecified atom stereocenters. The Kier molecular flexibility index (Phi) is 4.89. The maximum atomic E-state index is 11.9. The van der Waals surface area contributed by atoms with Gasteiger partial charge in [-0.05, 0) is 24.3 Å². The second kappa shape index (κ2) is 7.43. The van der Waals surface area contributed by atoms with E-state index in [0.717, 1.165) is 5.56 Å². The number of hydrogen-bond donors (Lipinski definition) is 0. The first-order chi connectivity index (χ1) is 12.6. The van der Waals surface area contributed by atoms with Gasteiger partial charge in [-0.1, -0.05) is 30.4 Å². The standard InChI is InChI=1S/C19H14N2O5/c1-25-17-8-3-2-5-13(17)6-4-7-16-19(22)26-18(20-16)14-9-11-15(12-10-14)21(23)24/h2-12H,1H3/b6-4+,16-7+. The van der Waals surface area contributed by atoms with Crippen molar-refractivity contribution in [3.63, 3.8) is 0 Å². The molecule has 26 heavy (non-hydrogen) atoms. The largest absolute Gasteiger partial charge is 0.496 e. The number of allylic oxidation sites excluding steroid dienone is 2. The zero-order valence-electron chi connectivity index (χ0n) is 13.8. The summed E-state index contributed by atoms with van der Waals surface area (Å²) in [6.45, 7) is 0. The molecule has 1 aliphatic rings. The molecule has 0 aliphatic carbocycles. The van der Waals surface area contributed by atoms with Gasteiger partial charge in [-0.15, -0.1) is 0 Å². The number of rotatable bonds is 5. The number of methoxy groups -OCH3 is 1. The van der Waals surface area contributed by atoms with Crippen molar-refractivity contribution in [1.29, 1.82) is 0 Å². The number of ether oxygens (including phenoxy) is 2. The Morgan fingerprint density at radius 2 is 1.88 bits per heavy atom. The molecule has 7 heteroatoms. The molecule has 0 bridgehead atoms. The first-order valence-corrected chi connectivity index (χ1v) is 7.65. The van der Waals surface area contributed by atoms with Gasteiger partial charge in [-0.3, -0.25) is 10.1 Å². The maximum absolute atomic E-state index is 11.9. The zero-order valence-corrected chi connectivity index (χ0v) is 13.8. The highest BCUT2D eigenvalue weighted by Crippen LogP contribution is 2.21. The second-order valence-corrected chi connectivity index (χ2v) is 5.26. The highest BCUT2D eigenvalue weighted by atomic mass is 16.6. The second-order valence-electron chi connectivity index (χ2n) is 5.26. The fourth-order valence-corrected chi connectivity index (χ4v) is 2.32. The summed E-state index contributed by atoms with van der Waals surface area (Å²) >= 11 is 0. The third-order valence-corrected chi connectivity index (χ3v) is 3.61. The molecule has 0 spiro atoms. The topological polar surface area (TPSA) is 91.0 Å². The number of benzene rings is 2. The number of nitro benzene ring substituents is 1. The van der Waals surface area contributed by atoms with Crippen molar-refractivity contribution in [2.24, 2.45) is 4.99 Å². The summed E-state index contributed by atoms with van der Waals surface area (Å²) in [5, 5.41) is 10.7. The van der Waals surface area contributed by atoms with Gasteiger partial charge in [0.25, 0.3) is 5.69 Å².